The molecule has 1 aromatic carbocycles. The van der Waals surface area contributed by atoms with Crippen molar-refractivity contribution in [3.8, 4) is 5.75 Å². The van der Waals surface area contributed by atoms with Crippen molar-refractivity contribution in [2.45, 2.75) is 52.6 Å². The number of methoxy groups -OCH3 is 1. The average molecular weight is 428 g/mol. The molecule has 0 saturated carbocycles. The first kappa shape index (κ1) is 23.1. The Kier molecular flexibility index (Phi) is 8.28. The maximum absolute atomic E-state index is 5.45. The number of guanidine groups is 1. The molecule has 2 N–H and O–H groups in total. The molecule has 2 heterocycles. The fraction of sp³-hybridized carbons (Fsp3) is 0.609. The van der Waals surface area contributed by atoms with Crippen molar-refractivity contribution in [1.82, 2.24) is 30.3 Å². The summed E-state index contributed by atoms with van der Waals surface area (Å²) < 4.78 is 7.44. The molecule has 0 aliphatic carbocycles. The standard InChI is InChI=1S/C23H37N7O/c1-6-30-13-7-8-20(30)15-25-23(26-16-22-28-27-18(3)29(22)4)24-12-11-19-10-9-17(2)21(14-19)31-5/h9-10,14,20H,6-8,11-13,15-16H2,1-5H3,(H2,24,25,26). The molecule has 31 heavy (non-hydrogen) atoms. The van der Waals surface area contributed by atoms with Gasteiger partial charge in [-0.25, -0.2) is 4.99 Å². The third-order valence-electron chi connectivity index (χ3n) is 6.15. The largest absolute Gasteiger partial charge is 0.496 e. The number of ether oxygens (including phenoxy) is 1. The van der Waals surface area contributed by atoms with Crippen molar-refractivity contribution in [3.05, 3.63) is 41.0 Å². The Hall–Kier alpha value is -2.61. The summed E-state index contributed by atoms with van der Waals surface area (Å²) in [5.41, 5.74) is 2.39. The van der Waals surface area contributed by atoms with Gasteiger partial charge in [0.15, 0.2) is 11.8 Å². The van der Waals surface area contributed by atoms with Gasteiger partial charge in [0.25, 0.3) is 0 Å². The zero-order valence-corrected chi connectivity index (χ0v) is 19.6. The van der Waals surface area contributed by atoms with E-state index in [0.717, 1.165) is 55.0 Å². The van der Waals surface area contributed by atoms with Gasteiger partial charge in [-0.15, -0.1) is 10.2 Å². The Morgan fingerprint density at radius 2 is 2.10 bits per heavy atom. The number of nitrogens with one attached hydrogen (secondary N) is 2. The topological polar surface area (TPSA) is 79.6 Å². The van der Waals surface area contributed by atoms with Crippen molar-refractivity contribution >= 4 is 5.96 Å². The normalized spacial score (nSPS) is 17.2. The molecule has 8 heteroatoms. The number of hydrogen-bond donors (Lipinski definition) is 2. The van der Waals surface area contributed by atoms with Gasteiger partial charge in [-0.2, -0.15) is 0 Å². The highest BCUT2D eigenvalue weighted by molar-refractivity contribution is 5.79. The second-order valence-corrected chi connectivity index (χ2v) is 8.17. The maximum Gasteiger partial charge on any atom is 0.191 e. The highest BCUT2D eigenvalue weighted by Crippen LogP contribution is 2.19. The Morgan fingerprint density at radius 1 is 1.26 bits per heavy atom. The number of nitrogens with zero attached hydrogens (tertiary/aromatic N) is 5. The summed E-state index contributed by atoms with van der Waals surface area (Å²) in [4.78, 5) is 7.32. The Morgan fingerprint density at radius 3 is 2.81 bits per heavy atom. The molecule has 1 aliphatic heterocycles. The predicted molar refractivity (Wildman–Crippen MR) is 125 cm³/mol. The van der Waals surface area contributed by atoms with Crippen LogP contribution >= 0.6 is 0 Å². The summed E-state index contributed by atoms with van der Waals surface area (Å²) in [6, 6.07) is 6.94. The van der Waals surface area contributed by atoms with Crippen molar-refractivity contribution < 1.29 is 4.74 Å². The van der Waals surface area contributed by atoms with Gasteiger partial charge < -0.3 is 19.9 Å². The smallest absolute Gasteiger partial charge is 0.191 e. The summed E-state index contributed by atoms with van der Waals surface area (Å²) >= 11 is 0. The second-order valence-electron chi connectivity index (χ2n) is 8.17. The van der Waals surface area contributed by atoms with E-state index in [4.69, 9.17) is 9.73 Å². The molecule has 170 valence electrons. The molecule has 2 aromatic rings. The molecule has 3 rings (SSSR count). The molecule has 0 bridgehead atoms. The average Bonchev–Trinajstić information content (AvgIpc) is 3.37. The minimum atomic E-state index is 0.493. The second kappa shape index (κ2) is 11.1. The number of benzene rings is 1. The summed E-state index contributed by atoms with van der Waals surface area (Å²) in [5.74, 6) is 3.51. The van der Waals surface area contributed by atoms with Crippen LogP contribution in [0.25, 0.3) is 0 Å². The van der Waals surface area contributed by atoms with E-state index < -0.39 is 0 Å². The number of aliphatic imine (C=N–C) groups is 1. The van der Waals surface area contributed by atoms with Gasteiger partial charge in [0.1, 0.15) is 18.1 Å². The number of aromatic nitrogens is 3. The van der Waals surface area contributed by atoms with Crippen LogP contribution in [0.1, 0.15) is 42.5 Å². The van der Waals surface area contributed by atoms with Crippen molar-refractivity contribution in [2.24, 2.45) is 12.0 Å². The van der Waals surface area contributed by atoms with Crippen LogP contribution in [0.3, 0.4) is 0 Å². The van der Waals surface area contributed by atoms with Gasteiger partial charge in [-0.05, 0) is 63.4 Å². The van der Waals surface area contributed by atoms with Crippen LogP contribution < -0.4 is 15.4 Å². The van der Waals surface area contributed by atoms with Gasteiger partial charge in [0, 0.05) is 26.2 Å². The quantitative estimate of drug-likeness (QED) is 0.472. The van der Waals surface area contributed by atoms with E-state index in [-0.39, 0.29) is 0 Å². The van der Waals surface area contributed by atoms with E-state index in [1.54, 1.807) is 7.11 Å². The SMILES string of the molecule is CCN1CCCC1CNC(=NCc1nnc(C)n1C)NCCc1ccc(C)c(OC)c1. The molecule has 1 atom stereocenters. The van der Waals surface area contributed by atoms with E-state index >= 15 is 0 Å². The van der Waals surface area contributed by atoms with Gasteiger partial charge in [0.2, 0.25) is 0 Å². The summed E-state index contributed by atoms with van der Waals surface area (Å²) in [6.07, 6.45) is 3.40. The molecule has 1 aromatic heterocycles. The van der Waals surface area contributed by atoms with Gasteiger partial charge >= 0.3 is 0 Å². The number of likely N-dealkylation sites (N-methyl/N-ethyl adjacent to an activating group) is 1. The van der Waals surface area contributed by atoms with Crippen LogP contribution in [0.4, 0.5) is 0 Å². The molecule has 1 unspecified atom stereocenters. The summed E-state index contributed by atoms with van der Waals surface area (Å²) in [7, 11) is 3.69. The van der Waals surface area contributed by atoms with Crippen LogP contribution in [0.15, 0.2) is 23.2 Å². The van der Waals surface area contributed by atoms with E-state index in [0.29, 0.717) is 12.6 Å². The summed E-state index contributed by atoms with van der Waals surface area (Å²) in [6.45, 7) is 10.7. The van der Waals surface area contributed by atoms with Crippen molar-refractivity contribution in [2.75, 3.05) is 33.3 Å². The lowest BCUT2D eigenvalue weighted by Crippen LogP contribution is -2.45. The van der Waals surface area contributed by atoms with Crippen molar-refractivity contribution in [1.29, 1.82) is 0 Å². The Bertz CT molecular complexity index is 877. The Labute approximate surface area is 186 Å². The van der Waals surface area contributed by atoms with Crippen LogP contribution in [0, 0.1) is 13.8 Å². The van der Waals surface area contributed by atoms with Gasteiger partial charge in [0.05, 0.1) is 7.11 Å². The highest BCUT2D eigenvalue weighted by Gasteiger charge is 2.22. The third-order valence-corrected chi connectivity index (χ3v) is 6.15. The molecule has 0 spiro atoms. The highest BCUT2D eigenvalue weighted by atomic mass is 16.5. The first-order chi connectivity index (χ1) is 15.0. The molecule has 1 fully saturated rings. The number of likely N-dealkylation sites (tertiary alicyclic amines) is 1. The van der Waals surface area contributed by atoms with E-state index in [1.165, 1.54) is 24.9 Å². The third kappa shape index (κ3) is 6.19. The Balaban J connectivity index is 1.61. The van der Waals surface area contributed by atoms with Crippen LogP contribution in [0.5, 0.6) is 5.75 Å². The monoisotopic (exact) mass is 427 g/mol. The van der Waals surface area contributed by atoms with Gasteiger partial charge in [-0.1, -0.05) is 19.1 Å². The predicted octanol–water partition coefficient (Wildman–Crippen LogP) is 2.20. The molecular weight excluding hydrogens is 390 g/mol. The van der Waals surface area contributed by atoms with E-state index in [1.807, 2.05) is 18.5 Å². The molecular formula is C23H37N7O. The molecule has 0 radical (unpaired) electrons. The zero-order valence-electron chi connectivity index (χ0n) is 19.6. The fourth-order valence-corrected chi connectivity index (χ4v) is 4.02. The van der Waals surface area contributed by atoms with Crippen LogP contribution in [-0.4, -0.2) is 65.0 Å². The molecule has 8 nitrogen and oxygen atoms in total. The minimum Gasteiger partial charge on any atom is -0.496 e. The van der Waals surface area contributed by atoms with E-state index in [9.17, 15) is 0 Å². The van der Waals surface area contributed by atoms with Gasteiger partial charge in [-0.3, -0.25) is 4.90 Å². The molecule has 1 saturated heterocycles. The number of aryl methyl sites for hydroxylation is 2. The number of rotatable bonds is 9. The maximum atomic E-state index is 5.45. The first-order valence-corrected chi connectivity index (χ1v) is 11.3. The fourth-order valence-electron chi connectivity index (χ4n) is 4.02. The molecule has 0 amide bonds. The minimum absolute atomic E-state index is 0.493. The number of hydrogen-bond acceptors (Lipinski definition) is 5. The lowest BCUT2D eigenvalue weighted by atomic mass is 10.1. The lowest BCUT2D eigenvalue weighted by Gasteiger charge is -2.24. The lowest BCUT2D eigenvalue weighted by molar-refractivity contribution is 0.267. The molecule has 1 aliphatic rings. The van der Waals surface area contributed by atoms with Crippen LogP contribution in [0.2, 0.25) is 0 Å². The zero-order chi connectivity index (χ0) is 22.2. The van der Waals surface area contributed by atoms with Crippen molar-refractivity contribution in [3.63, 3.8) is 0 Å². The first-order valence-electron chi connectivity index (χ1n) is 11.3. The van der Waals surface area contributed by atoms with E-state index in [2.05, 4.69) is 57.8 Å². The summed E-state index contributed by atoms with van der Waals surface area (Å²) in [5, 5.41) is 15.4. The van der Waals surface area contributed by atoms with Crippen LogP contribution in [-0.2, 0) is 20.0 Å².